The fourth-order valence-electron chi connectivity index (χ4n) is 2.22. The molecule has 0 aliphatic heterocycles. The quantitative estimate of drug-likeness (QED) is 0.182. The maximum absolute atomic E-state index is 9.01. The van der Waals surface area contributed by atoms with Crippen LogP contribution in [0.1, 0.15) is 19.5 Å². The third-order valence-corrected chi connectivity index (χ3v) is 3.94. The van der Waals surface area contributed by atoms with E-state index >= 15 is 0 Å². The molecule has 0 atom stereocenters. The van der Waals surface area contributed by atoms with Crippen LogP contribution in [0.3, 0.4) is 0 Å². The van der Waals surface area contributed by atoms with E-state index in [0.717, 1.165) is 0 Å². The Kier molecular flexibility index (Phi) is 8.69. The number of ether oxygens (including phenoxy) is 2. The van der Waals surface area contributed by atoms with Crippen LogP contribution in [0.25, 0.3) is 17.1 Å². The average molecular weight is 458 g/mol. The number of aliphatic imine (C=N–C) groups is 3. The summed E-state index contributed by atoms with van der Waals surface area (Å²) >= 11 is 12.1. The van der Waals surface area contributed by atoms with E-state index in [4.69, 9.17) is 37.9 Å². The van der Waals surface area contributed by atoms with Crippen molar-refractivity contribution in [3.8, 4) is 18.0 Å². The Labute approximate surface area is 188 Å². The first-order valence-corrected chi connectivity index (χ1v) is 9.35. The predicted molar refractivity (Wildman–Crippen MR) is 124 cm³/mol. The van der Waals surface area contributed by atoms with Crippen molar-refractivity contribution in [1.82, 2.24) is 15.0 Å². The second kappa shape index (κ2) is 11.4. The van der Waals surface area contributed by atoms with Crippen molar-refractivity contribution in [2.45, 2.75) is 13.8 Å². The first-order chi connectivity index (χ1) is 14.9. The molecule has 0 saturated carbocycles. The Morgan fingerprint density at radius 2 is 1.97 bits per heavy atom. The highest BCUT2D eigenvalue weighted by molar-refractivity contribution is 6.37. The molecule has 0 aliphatic rings. The van der Waals surface area contributed by atoms with Crippen molar-refractivity contribution in [3.63, 3.8) is 0 Å². The smallest absolute Gasteiger partial charge is 0.327 e. The van der Waals surface area contributed by atoms with Gasteiger partial charge in [0, 0.05) is 11.1 Å². The molecule has 2 aromatic rings. The first-order valence-electron chi connectivity index (χ1n) is 8.53. The zero-order valence-electron chi connectivity index (χ0n) is 16.6. The van der Waals surface area contributed by atoms with Gasteiger partial charge in [0.25, 0.3) is 0 Å². The number of nitriles is 1. The molecular formula is C20H17Cl2N7O2. The SMILES string of the molecule is C=NC=N/C=C(\C)Oc1nc(OC(/C=C(\C)C#N)=C/N=C)nc2[nH]c(/C=C/Cl)c(Cl)c12. The maximum atomic E-state index is 9.01. The minimum absolute atomic E-state index is 0.0808. The molecule has 0 aliphatic carbocycles. The molecule has 0 bridgehead atoms. The van der Waals surface area contributed by atoms with E-state index in [1.807, 2.05) is 6.07 Å². The molecule has 158 valence electrons. The number of allylic oxidation sites excluding steroid dienone is 3. The molecule has 0 spiro atoms. The van der Waals surface area contributed by atoms with Crippen LogP contribution in [0, 0.1) is 11.3 Å². The molecule has 2 aromatic heterocycles. The lowest BCUT2D eigenvalue weighted by atomic mass is 10.3. The number of hydrogen-bond acceptors (Lipinski definition) is 7. The monoisotopic (exact) mass is 457 g/mol. The standard InChI is InChI=1S/C20H17Cl2N7O2/c1-12(8-23)7-14(10-24-3)31-20-28-18-16(17(22)15(27-18)5-6-21)19(29-20)30-13(2)9-26-11-25-4/h5-7,9-11H,3-4H2,1-2H3,(H,27,28,29)/b6-5+,12-7+,13-9+,14-10+,26-11?. The molecule has 1 N–H and O–H groups in total. The van der Waals surface area contributed by atoms with Crippen molar-refractivity contribution < 1.29 is 9.47 Å². The normalized spacial score (nSPS) is 13.1. The Morgan fingerprint density at radius 3 is 2.61 bits per heavy atom. The first kappa shape index (κ1) is 23.5. The molecule has 2 rings (SSSR count). The van der Waals surface area contributed by atoms with Gasteiger partial charge < -0.3 is 14.5 Å². The highest BCUT2D eigenvalue weighted by Gasteiger charge is 2.19. The topological polar surface area (TPSA) is 121 Å². The number of nitrogens with zero attached hydrogens (tertiary/aromatic N) is 6. The summed E-state index contributed by atoms with van der Waals surface area (Å²) in [6.07, 6.45) is 7.03. The summed E-state index contributed by atoms with van der Waals surface area (Å²) in [6, 6.07) is 1.91. The Morgan fingerprint density at radius 1 is 1.19 bits per heavy atom. The number of hydrogen-bond donors (Lipinski definition) is 1. The van der Waals surface area contributed by atoms with Crippen LogP contribution in [-0.4, -0.2) is 34.7 Å². The Balaban J connectivity index is 2.61. The van der Waals surface area contributed by atoms with Gasteiger partial charge in [0.15, 0.2) is 5.65 Å². The Hall–Kier alpha value is -3.74. The minimum Gasteiger partial charge on any atom is -0.441 e. The number of aromatic nitrogens is 3. The van der Waals surface area contributed by atoms with Gasteiger partial charge in [0.2, 0.25) is 5.88 Å². The summed E-state index contributed by atoms with van der Waals surface area (Å²) in [7, 11) is 0. The number of fused-ring (bicyclic) bond motifs is 1. The van der Waals surface area contributed by atoms with Crippen LogP contribution < -0.4 is 9.47 Å². The summed E-state index contributed by atoms with van der Waals surface area (Å²) in [5, 5.41) is 9.73. The van der Waals surface area contributed by atoms with Gasteiger partial charge in [-0.05, 0) is 39.4 Å². The predicted octanol–water partition coefficient (Wildman–Crippen LogP) is 5.18. The van der Waals surface area contributed by atoms with E-state index in [1.165, 1.54) is 30.3 Å². The van der Waals surface area contributed by atoms with E-state index in [9.17, 15) is 0 Å². The molecule has 0 aromatic carbocycles. The van der Waals surface area contributed by atoms with Gasteiger partial charge >= 0.3 is 6.01 Å². The van der Waals surface area contributed by atoms with Gasteiger partial charge in [0.1, 0.15) is 23.2 Å². The zero-order chi connectivity index (χ0) is 22.8. The molecule has 31 heavy (non-hydrogen) atoms. The second-order valence-corrected chi connectivity index (χ2v) is 6.35. The van der Waals surface area contributed by atoms with E-state index in [0.29, 0.717) is 33.1 Å². The minimum atomic E-state index is -0.0808. The summed E-state index contributed by atoms with van der Waals surface area (Å²) < 4.78 is 11.5. The lowest BCUT2D eigenvalue weighted by Gasteiger charge is -2.09. The molecule has 11 heteroatoms. The van der Waals surface area contributed by atoms with Crippen LogP contribution in [0.5, 0.6) is 11.9 Å². The molecule has 0 fully saturated rings. The lowest BCUT2D eigenvalue weighted by molar-refractivity contribution is 0.377. The third-order valence-electron chi connectivity index (χ3n) is 3.42. The number of halogens is 2. The van der Waals surface area contributed by atoms with Crippen molar-refractivity contribution in [1.29, 1.82) is 5.26 Å². The van der Waals surface area contributed by atoms with Crippen LogP contribution in [0.15, 0.2) is 56.1 Å². The van der Waals surface area contributed by atoms with Crippen LogP contribution in [0.4, 0.5) is 0 Å². The van der Waals surface area contributed by atoms with Crippen LogP contribution in [-0.2, 0) is 0 Å². The fourth-order valence-corrected chi connectivity index (χ4v) is 2.63. The average Bonchev–Trinajstić information content (AvgIpc) is 3.04. The molecule has 9 nitrogen and oxygen atoms in total. The summed E-state index contributed by atoms with van der Waals surface area (Å²) in [4.78, 5) is 22.7. The van der Waals surface area contributed by atoms with Gasteiger partial charge in [-0.25, -0.2) is 4.99 Å². The number of rotatable bonds is 9. The molecular weight excluding hydrogens is 441 g/mol. The summed E-state index contributed by atoms with van der Waals surface area (Å²) in [6.45, 7) is 9.98. The number of H-pyrrole nitrogens is 1. The van der Waals surface area contributed by atoms with Gasteiger partial charge in [-0.15, -0.1) is 0 Å². The van der Waals surface area contributed by atoms with E-state index in [-0.39, 0.29) is 17.6 Å². The largest absolute Gasteiger partial charge is 0.441 e. The molecule has 0 amide bonds. The van der Waals surface area contributed by atoms with E-state index in [2.05, 4.69) is 43.4 Å². The molecule has 0 radical (unpaired) electrons. The fraction of sp³-hybridized carbons (Fsp3) is 0.100. The van der Waals surface area contributed by atoms with E-state index < -0.39 is 0 Å². The molecule has 0 unspecified atom stereocenters. The van der Waals surface area contributed by atoms with Crippen molar-refractivity contribution in [2.24, 2.45) is 15.0 Å². The van der Waals surface area contributed by atoms with Crippen LogP contribution in [0.2, 0.25) is 5.02 Å². The van der Waals surface area contributed by atoms with E-state index in [1.54, 1.807) is 19.9 Å². The molecule has 2 heterocycles. The van der Waals surface area contributed by atoms with Crippen molar-refractivity contribution in [3.05, 3.63) is 51.8 Å². The lowest BCUT2D eigenvalue weighted by Crippen LogP contribution is -2.02. The summed E-state index contributed by atoms with van der Waals surface area (Å²) in [5.41, 5.74) is 2.53. The number of aromatic amines is 1. The van der Waals surface area contributed by atoms with Crippen molar-refractivity contribution >= 4 is 60.1 Å². The highest BCUT2D eigenvalue weighted by Crippen LogP contribution is 2.36. The summed E-state index contributed by atoms with van der Waals surface area (Å²) in [5.74, 6) is 0.700. The van der Waals surface area contributed by atoms with Crippen LogP contribution >= 0.6 is 23.2 Å². The van der Waals surface area contributed by atoms with Gasteiger partial charge in [-0.3, -0.25) is 9.98 Å². The van der Waals surface area contributed by atoms with Gasteiger partial charge in [-0.1, -0.05) is 23.2 Å². The van der Waals surface area contributed by atoms with Crippen molar-refractivity contribution in [2.75, 3.05) is 0 Å². The van der Waals surface area contributed by atoms with Gasteiger partial charge in [0.05, 0.1) is 29.2 Å². The highest BCUT2D eigenvalue weighted by atomic mass is 35.5. The second-order valence-electron chi connectivity index (χ2n) is 5.72. The van der Waals surface area contributed by atoms with Gasteiger partial charge in [-0.2, -0.15) is 15.2 Å². The maximum Gasteiger partial charge on any atom is 0.327 e. The third kappa shape index (κ3) is 6.37. The number of nitrogens with one attached hydrogen (secondary N) is 1. The Bertz CT molecular complexity index is 1180. The molecule has 0 saturated heterocycles. The zero-order valence-corrected chi connectivity index (χ0v) is 18.1.